The van der Waals surface area contributed by atoms with Crippen molar-refractivity contribution >= 4 is 28.8 Å². The molecule has 0 atom stereocenters. The van der Waals surface area contributed by atoms with Crippen LogP contribution in [0.25, 0.3) is 0 Å². The number of benzene rings is 3. The lowest BCUT2D eigenvalue weighted by Crippen LogP contribution is -2.27. The van der Waals surface area contributed by atoms with E-state index in [1.165, 1.54) is 21.7 Å². The van der Waals surface area contributed by atoms with Gasteiger partial charge in [0.25, 0.3) is 0 Å². The van der Waals surface area contributed by atoms with E-state index in [1.807, 2.05) is 13.0 Å². The van der Waals surface area contributed by atoms with E-state index in [9.17, 15) is 0 Å². The molecule has 0 radical (unpaired) electrons. The summed E-state index contributed by atoms with van der Waals surface area (Å²) in [6, 6.07) is 34.0. The first-order chi connectivity index (χ1) is 14.1. The van der Waals surface area contributed by atoms with Gasteiger partial charge < -0.3 is 0 Å². The molecular weight excluding hydrogens is 371 g/mol. The van der Waals surface area contributed by atoms with Crippen LogP contribution in [0.15, 0.2) is 102 Å². The Morgan fingerprint density at radius 1 is 0.586 bits per heavy atom. The highest BCUT2D eigenvalue weighted by atomic mass is 31.2. The third kappa shape index (κ3) is 3.69. The Hall–Kier alpha value is -2.96. The Morgan fingerprint density at radius 3 is 1.62 bits per heavy atom. The minimum atomic E-state index is -2.34. The van der Waals surface area contributed by atoms with Gasteiger partial charge in [0, 0.05) is 16.3 Å². The monoisotopic (exact) mass is 396 g/mol. The lowest BCUT2D eigenvalue weighted by molar-refractivity contribution is 1.24. The van der Waals surface area contributed by atoms with Crippen molar-refractivity contribution < 1.29 is 0 Å². The number of rotatable bonds is 4. The molecule has 0 saturated heterocycles. The van der Waals surface area contributed by atoms with Gasteiger partial charge in [-0.25, -0.2) is 0 Å². The highest BCUT2D eigenvalue weighted by molar-refractivity contribution is 7.87. The molecule has 0 saturated carbocycles. The Morgan fingerprint density at radius 2 is 1.10 bits per heavy atom. The normalized spacial score (nSPS) is 11.3. The first-order valence-corrected chi connectivity index (χ1v) is 11.6. The summed E-state index contributed by atoms with van der Waals surface area (Å²) in [6.07, 6.45) is 0. The zero-order valence-electron chi connectivity index (χ0n) is 17.1. The van der Waals surface area contributed by atoms with Crippen molar-refractivity contribution in [2.24, 2.45) is 4.74 Å². The van der Waals surface area contributed by atoms with E-state index in [2.05, 4.69) is 105 Å². The van der Waals surface area contributed by atoms with E-state index in [1.54, 1.807) is 0 Å². The van der Waals surface area contributed by atoms with Gasteiger partial charge >= 0.3 is 0 Å². The summed E-state index contributed by atoms with van der Waals surface area (Å²) in [5.41, 5.74) is 5.49. The molecule has 3 aromatic carbocycles. The van der Waals surface area contributed by atoms with Crippen LogP contribution in [0.3, 0.4) is 0 Å². The van der Waals surface area contributed by atoms with E-state index in [0.29, 0.717) is 0 Å². The van der Waals surface area contributed by atoms with Crippen LogP contribution < -0.4 is 16.0 Å². The summed E-state index contributed by atoms with van der Waals surface area (Å²) in [5, 5.41) is 2.43. The van der Waals surface area contributed by atoms with Gasteiger partial charge in [-0.15, -0.1) is 0 Å². The van der Waals surface area contributed by atoms with Crippen molar-refractivity contribution in [2.45, 2.75) is 20.8 Å². The van der Waals surface area contributed by atoms with Crippen molar-refractivity contribution in [3.8, 4) is 0 Å². The van der Waals surface area contributed by atoms with Crippen LogP contribution in [0.4, 0.5) is 5.69 Å². The molecule has 0 unspecified atom stereocenters. The molecule has 0 aliphatic heterocycles. The van der Waals surface area contributed by atoms with E-state index >= 15 is 0 Å². The number of aromatic nitrogens is 1. The quantitative estimate of drug-likeness (QED) is 0.399. The molecule has 0 fully saturated rings. The highest BCUT2D eigenvalue weighted by Crippen LogP contribution is 2.49. The molecule has 2 nitrogen and oxygen atoms in total. The first kappa shape index (κ1) is 19.4. The molecule has 3 heteroatoms. The van der Waals surface area contributed by atoms with Crippen molar-refractivity contribution in [3.05, 3.63) is 114 Å². The maximum absolute atomic E-state index is 5.59. The standard InChI is InChI=1S/C26H25N2P/c1-20-12-10-13-21(2)26(20)28-29(23-15-6-4-7-16-23,24-17-8-5-9-18-24)25-19-11-14-22(3)27-25/h4-19H,1-3H3. The molecule has 4 aromatic rings. The second kappa shape index (κ2) is 8.19. The summed E-state index contributed by atoms with van der Waals surface area (Å²) >= 11 is 0. The van der Waals surface area contributed by atoms with Crippen LogP contribution in [-0.4, -0.2) is 4.98 Å². The minimum Gasteiger partial charge on any atom is -0.252 e. The highest BCUT2D eigenvalue weighted by Gasteiger charge is 2.29. The number of pyridine rings is 1. The van der Waals surface area contributed by atoms with Crippen LogP contribution in [0, 0.1) is 20.8 Å². The summed E-state index contributed by atoms with van der Waals surface area (Å²) in [7, 11) is -2.34. The van der Waals surface area contributed by atoms with Gasteiger partial charge in [-0.2, -0.15) is 0 Å². The van der Waals surface area contributed by atoms with Crippen LogP contribution in [0.5, 0.6) is 0 Å². The minimum absolute atomic E-state index is 1.01. The maximum Gasteiger partial charge on any atom is 0.0890 e. The molecule has 0 amide bonds. The topological polar surface area (TPSA) is 25.2 Å². The zero-order valence-corrected chi connectivity index (χ0v) is 18.0. The molecule has 0 aliphatic carbocycles. The molecule has 1 aromatic heterocycles. The third-order valence-corrected chi connectivity index (χ3v) is 8.66. The molecule has 144 valence electrons. The second-order valence-electron chi connectivity index (χ2n) is 7.28. The summed E-state index contributed by atoms with van der Waals surface area (Å²) in [6.45, 7) is 6.33. The molecule has 0 aliphatic rings. The SMILES string of the molecule is Cc1cccc(P(=Nc2c(C)cccc2C)(c2ccccc2)c2ccccc2)n1. The molecule has 0 spiro atoms. The lowest BCUT2D eigenvalue weighted by Gasteiger charge is -2.27. The molecule has 0 N–H and O–H groups in total. The van der Waals surface area contributed by atoms with E-state index < -0.39 is 7.05 Å². The zero-order chi connectivity index (χ0) is 20.3. The fourth-order valence-corrected chi connectivity index (χ4v) is 7.28. The fourth-order valence-electron chi connectivity index (χ4n) is 3.69. The van der Waals surface area contributed by atoms with Crippen LogP contribution in [0.2, 0.25) is 0 Å². The van der Waals surface area contributed by atoms with Gasteiger partial charge in [0.2, 0.25) is 0 Å². The maximum atomic E-state index is 5.59. The number of nitrogens with zero attached hydrogens (tertiary/aromatic N) is 2. The van der Waals surface area contributed by atoms with Gasteiger partial charge in [0.1, 0.15) is 0 Å². The fraction of sp³-hybridized carbons (Fsp3) is 0.115. The van der Waals surface area contributed by atoms with Gasteiger partial charge in [-0.3, -0.25) is 9.73 Å². The van der Waals surface area contributed by atoms with E-state index in [-0.39, 0.29) is 0 Å². The number of hydrogen-bond donors (Lipinski definition) is 0. The van der Waals surface area contributed by atoms with Crippen LogP contribution in [0.1, 0.15) is 16.8 Å². The predicted octanol–water partition coefficient (Wildman–Crippen LogP) is 5.82. The van der Waals surface area contributed by atoms with Crippen molar-refractivity contribution in [3.63, 3.8) is 0 Å². The van der Waals surface area contributed by atoms with Gasteiger partial charge in [-0.1, -0.05) is 84.9 Å². The van der Waals surface area contributed by atoms with Crippen molar-refractivity contribution in [1.82, 2.24) is 4.98 Å². The number of aryl methyl sites for hydroxylation is 3. The summed E-state index contributed by atoms with van der Waals surface area (Å²) < 4.78 is 5.59. The second-order valence-corrected chi connectivity index (χ2v) is 10.2. The van der Waals surface area contributed by atoms with Crippen molar-refractivity contribution in [2.75, 3.05) is 0 Å². The molecular formula is C26H25N2P. The van der Waals surface area contributed by atoms with Gasteiger partial charge in [0.15, 0.2) is 0 Å². The Bertz CT molecular complexity index is 1120. The Balaban J connectivity index is 2.20. The van der Waals surface area contributed by atoms with E-state index in [4.69, 9.17) is 9.73 Å². The Kier molecular flexibility index (Phi) is 5.47. The number of hydrogen-bond acceptors (Lipinski definition) is 2. The van der Waals surface area contributed by atoms with Gasteiger partial charge in [0.05, 0.1) is 18.2 Å². The van der Waals surface area contributed by atoms with E-state index in [0.717, 1.165) is 16.8 Å². The molecule has 29 heavy (non-hydrogen) atoms. The largest absolute Gasteiger partial charge is 0.252 e. The smallest absolute Gasteiger partial charge is 0.0890 e. The molecule has 0 bridgehead atoms. The van der Waals surface area contributed by atoms with Crippen LogP contribution >= 0.6 is 7.05 Å². The lowest BCUT2D eigenvalue weighted by atomic mass is 10.1. The summed E-state index contributed by atoms with van der Waals surface area (Å²) in [5.74, 6) is 0. The average Bonchev–Trinajstić information content (AvgIpc) is 2.75. The average molecular weight is 396 g/mol. The van der Waals surface area contributed by atoms with Crippen LogP contribution in [-0.2, 0) is 0 Å². The molecule has 1 heterocycles. The first-order valence-electron chi connectivity index (χ1n) is 9.85. The summed E-state index contributed by atoms with van der Waals surface area (Å²) in [4.78, 5) is 5.01. The van der Waals surface area contributed by atoms with Crippen molar-refractivity contribution in [1.29, 1.82) is 0 Å². The molecule has 4 rings (SSSR count). The van der Waals surface area contributed by atoms with Gasteiger partial charge in [-0.05, 0) is 44.0 Å². The predicted molar refractivity (Wildman–Crippen MR) is 126 cm³/mol. The Labute approximate surface area is 173 Å². The third-order valence-electron chi connectivity index (χ3n) is 5.15.